The highest BCUT2D eigenvalue weighted by atomic mass is 35.5. The lowest BCUT2D eigenvalue weighted by Gasteiger charge is -2.18. The van der Waals surface area contributed by atoms with Gasteiger partial charge in [-0.25, -0.2) is 9.37 Å². The Balaban J connectivity index is 2.48. The average Bonchev–Trinajstić information content (AvgIpc) is 2.69. The molecule has 1 heterocycles. The lowest BCUT2D eigenvalue weighted by molar-refractivity contribution is 0.591. The van der Waals surface area contributed by atoms with E-state index in [-0.39, 0.29) is 15.9 Å². The first-order valence-corrected chi connectivity index (χ1v) is 7.07. The van der Waals surface area contributed by atoms with E-state index >= 15 is 0 Å². The first-order valence-electron chi connectivity index (χ1n) is 5.25. The number of sulfonamides is 1. The number of aromatic nitrogens is 2. The summed E-state index contributed by atoms with van der Waals surface area (Å²) in [7, 11) is -1.02. The van der Waals surface area contributed by atoms with E-state index in [1.54, 1.807) is 7.05 Å². The van der Waals surface area contributed by atoms with Gasteiger partial charge in [0, 0.05) is 14.1 Å². The smallest absolute Gasteiger partial charge is 0.284 e. The summed E-state index contributed by atoms with van der Waals surface area (Å²) in [5, 5.41) is -0.258. The van der Waals surface area contributed by atoms with Crippen molar-refractivity contribution >= 4 is 27.3 Å². The number of benzene rings is 1. The first-order chi connectivity index (χ1) is 8.84. The van der Waals surface area contributed by atoms with E-state index in [0.717, 1.165) is 10.4 Å². The zero-order chi connectivity index (χ0) is 14.2. The quantitative estimate of drug-likeness (QED) is 0.872. The van der Waals surface area contributed by atoms with Crippen LogP contribution < -0.4 is 4.31 Å². The molecular weight excluding hydrogens is 293 g/mol. The molecule has 5 nitrogen and oxygen atoms in total. The molecule has 102 valence electrons. The van der Waals surface area contributed by atoms with Gasteiger partial charge in [-0.15, -0.1) is 0 Å². The fraction of sp³-hybridized carbons (Fsp3) is 0.182. The number of anilines is 1. The average molecular weight is 304 g/mol. The predicted octanol–water partition coefficient (Wildman–Crippen LogP) is 2.04. The van der Waals surface area contributed by atoms with Crippen LogP contribution in [-0.4, -0.2) is 25.0 Å². The Morgan fingerprint density at radius 2 is 2.11 bits per heavy atom. The van der Waals surface area contributed by atoms with Crippen molar-refractivity contribution in [3.8, 4) is 0 Å². The van der Waals surface area contributed by atoms with Crippen molar-refractivity contribution in [2.45, 2.75) is 5.03 Å². The van der Waals surface area contributed by atoms with Gasteiger partial charge < -0.3 is 4.57 Å². The normalized spacial score (nSPS) is 11.6. The molecule has 19 heavy (non-hydrogen) atoms. The third kappa shape index (κ3) is 2.43. The molecule has 2 rings (SSSR count). The summed E-state index contributed by atoms with van der Waals surface area (Å²) in [6, 6.07) is 5.26. The van der Waals surface area contributed by atoms with E-state index in [1.165, 1.54) is 36.1 Å². The Bertz CT molecular complexity index is 714. The highest BCUT2D eigenvalue weighted by molar-refractivity contribution is 7.92. The second kappa shape index (κ2) is 4.82. The maximum absolute atomic E-state index is 13.1. The molecule has 0 radical (unpaired) electrons. The van der Waals surface area contributed by atoms with Crippen LogP contribution in [0.3, 0.4) is 0 Å². The van der Waals surface area contributed by atoms with Gasteiger partial charge in [-0.2, -0.15) is 8.42 Å². The molecule has 0 spiro atoms. The minimum atomic E-state index is -3.92. The van der Waals surface area contributed by atoms with Crippen molar-refractivity contribution < 1.29 is 12.8 Å². The van der Waals surface area contributed by atoms with Crippen molar-refractivity contribution in [2.24, 2.45) is 7.05 Å². The third-order valence-corrected chi connectivity index (χ3v) is 4.89. The van der Waals surface area contributed by atoms with Crippen LogP contribution in [0.5, 0.6) is 0 Å². The summed E-state index contributed by atoms with van der Waals surface area (Å²) in [6.45, 7) is 0. The van der Waals surface area contributed by atoms with Gasteiger partial charge in [0.2, 0.25) is 5.03 Å². The highest BCUT2D eigenvalue weighted by Crippen LogP contribution is 2.26. The first kappa shape index (κ1) is 13.8. The zero-order valence-corrected chi connectivity index (χ0v) is 11.8. The number of hydrogen-bond donors (Lipinski definition) is 0. The van der Waals surface area contributed by atoms with Crippen LogP contribution in [0, 0.1) is 5.82 Å². The highest BCUT2D eigenvalue weighted by Gasteiger charge is 2.27. The topological polar surface area (TPSA) is 55.2 Å². The molecule has 0 aliphatic carbocycles. The lowest BCUT2D eigenvalue weighted by Crippen LogP contribution is -2.27. The summed E-state index contributed by atoms with van der Waals surface area (Å²) in [5.41, 5.74) is 0.196. The third-order valence-electron chi connectivity index (χ3n) is 2.61. The summed E-state index contributed by atoms with van der Waals surface area (Å²) in [6.07, 6.45) is 1.30. The summed E-state index contributed by atoms with van der Waals surface area (Å²) in [5.74, 6) is -0.522. The second-order valence-corrected chi connectivity index (χ2v) is 6.15. The van der Waals surface area contributed by atoms with Crippen LogP contribution in [0.15, 0.2) is 35.6 Å². The zero-order valence-electron chi connectivity index (χ0n) is 10.2. The Labute approximate surface area is 115 Å². The van der Waals surface area contributed by atoms with Crippen LogP contribution in [0.25, 0.3) is 0 Å². The molecule has 8 heteroatoms. The Kier molecular flexibility index (Phi) is 3.51. The van der Waals surface area contributed by atoms with E-state index in [0.29, 0.717) is 0 Å². The molecule has 0 saturated heterocycles. The maximum atomic E-state index is 13.1. The molecule has 0 aliphatic rings. The van der Waals surface area contributed by atoms with Crippen molar-refractivity contribution in [2.75, 3.05) is 11.4 Å². The van der Waals surface area contributed by atoms with Gasteiger partial charge in [0.1, 0.15) is 11.0 Å². The Morgan fingerprint density at radius 1 is 1.42 bits per heavy atom. The number of nitrogens with zero attached hydrogens (tertiary/aromatic N) is 3. The summed E-state index contributed by atoms with van der Waals surface area (Å²) < 4.78 is 40.1. The van der Waals surface area contributed by atoms with E-state index in [1.807, 2.05) is 0 Å². The van der Waals surface area contributed by atoms with E-state index in [2.05, 4.69) is 4.98 Å². The van der Waals surface area contributed by atoms with Gasteiger partial charge in [0.05, 0.1) is 12.0 Å². The largest absolute Gasteiger partial charge is 0.324 e. The Morgan fingerprint density at radius 3 is 2.63 bits per heavy atom. The molecule has 0 bridgehead atoms. The maximum Gasteiger partial charge on any atom is 0.284 e. The van der Waals surface area contributed by atoms with Crippen LogP contribution in [0.4, 0.5) is 10.1 Å². The summed E-state index contributed by atoms with van der Waals surface area (Å²) in [4.78, 5) is 3.76. The molecule has 0 saturated carbocycles. The number of imidazole rings is 1. The molecule has 0 fully saturated rings. The number of aryl methyl sites for hydroxylation is 1. The van der Waals surface area contributed by atoms with Crippen LogP contribution in [-0.2, 0) is 17.1 Å². The molecule has 1 aromatic heterocycles. The number of rotatable bonds is 3. The predicted molar refractivity (Wildman–Crippen MR) is 70.2 cm³/mol. The Hall–Kier alpha value is -1.60. The van der Waals surface area contributed by atoms with Gasteiger partial charge in [0.15, 0.2) is 0 Å². The molecule has 0 unspecified atom stereocenters. The van der Waals surface area contributed by atoms with Gasteiger partial charge in [-0.05, 0) is 18.2 Å². The summed E-state index contributed by atoms with van der Waals surface area (Å²) >= 11 is 5.88. The molecule has 0 amide bonds. The van der Waals surface area contributed by atoms with Gasteiger partial charge in [0.25, 0.3) is 10.0 Å². The van der Waals surface area contributed by atoms with Crippen LogP contribution >= 0.6 is 11.6 Å². The lowest BCUT2D eigenvalue weighted by atomic mass is 10.3. The van der Waals surface area contributed by atoms with Gasteiger partial charge in [-0.3, -0.25) is 4.31 Å². The van der Waals surface area contributed by atoms with Crippen molar-refractivity contribution in [3.05, 3.63) is 41.6 Å². The monoisotopic (exact) mass is 303 g/mol. The molecule has 0 aliphatic heterocycles. The van der Waals surface area contributed by atoms with E-state index < -0.39 is 15.8 Å². The van der Waals surface area contributed by atoms with Crippen molar-refractivity contribution in [3.63, 3.8) is 0 Å². The fourth-order valence-corrected chi connectivity index (χ4v) is 3.08. The van der Waals surface area contributed by atoms with Crippen molar-refractivity contribution in [1.29, 1.82) is 0 Å². The van der Waals surface area contributed by atoms with Crippen LogP contribution in [0.2, 0.25) is 5.15 Å². The van der Waals surface area contributed by atoms with Crippen molar-refractivity contribution in [1.82, 2.24) is 9.55 Å². The molecular formula is C11H11ClFN3O2S. The van der Waals surface area contributed by atoms with Gasteiger partial charge in [-0.1, -0.05) is 17.7 Å². The van der Waals surface area contributed by atoms with Gasteiger partial charge >= 0.3 is 0 Å². The molecule has 2 aromatic rings. The molecule has 0 N–H and O–H groups in total. The molecule has 1 aromatic carbocycles. The SMILES string of the molecule is CN(c1cccc(F)c1)S(=O)(=O)c1ncn(C)c1Cl. The minimum absolute atomic E-state index is 0.00301. The van der Waals surface area contributed by atoms with E-state index in [9.17, 15) is 12.8 Å². The number of hydrogen-bond acceptors (Lipinski definition) is 3. The number of halogens is 2. The van der Waals surface area contributed by atoms with Crippen LogP contribution in [0.1, 0.15) is 0 Å². The standard InChI is InChI=1S/C11H11ClFN3O2S/c1-15-7-14-11(10(15)12)19(17,18)16(2)9-5-3-4-8(13)6-9/h3-7H,1-2H3. The second-order valence-electron chi connectivity index (χ2n) is 3.90. The molecule has 0 atom stereocenters. The fourth-order valence-electron chi connectivity index (χ4n) is 1.51. The minimum Gasteiger partial charge on any atom is -0.324 e. The van der Waals surface area contributed by atoms with E-state index in [4.69, 9.17) is 11.6 Å².